The van der Waals surface area contributed by atoms with Gasteiger partial charge in [-0.2, -0.15) is 0 Å². The van der Waals surface area contributed by atoms with Crippen LogP contribution in [0.2, 0.25) is 0 Å². The molecule has 0 radical (unpaired) electrons. The molecule has 1 aliphatic rings. The number of nitrogens with two attached hydrogens (primary N) is 1. The first-order valence-electron chi connectivity index (χ1n) is 7.50. The molecule has 1 aliphatic heterocycles. The van der Waals surface area contributed by atoms with Crippen LogP contribution in [-0.4, -0.2) is 42.4 Å². The Hall–Kier alpha value is -1.10. The smallest absolute Gasteiger partial charge is 0.237 e. The fraction of sp³-hybridized carbons (Fsp3) is 0.867. The van der Waals surface area contributed by atoms with Gasteiger partial charge in [-0.1, -0.05) is 27.7 Å². The van der Waals surface area contributed by atoms with Gasteiger partial charge in [0.05, 0.1) is 6.54 Å². The van der Waals surface area contributed by atoms with Crippen molar-refractivity contribution in [2.75, 3.05) is 19.6 Å². The predicted octanol–water partition coefficient (Wildman–Crippen LogP) is 1.12. The second-order valence-corrected chi connectivity index (χ2v) is 6.94. The Labute approximate surface area is 122 Å². The SMILES string of the molecule is CC(CC(=O)N(CC(N)=O)C1CCNCC1)C(C)(C)C. The van der Waals surface area contributed by atoms with Gasteiger partial charge in [-0.25, -0.2) is 0 Å². The molecule has 5 heteroatoms. The van der Waals surface area contributed by atoms with Crippen molar-refractivity contribution in [3.63, 3.8) is 0 Å². The summed E-state index contributed by atoms with van der Waals surface area (Å²) in [6.45, 7) is 10.3. The number of hydrogen-bond donors (Lipinski definition) is 2. The van der Waals surface area contributed by atoms with Crippen molar-refractivity contribution >= 4 is 11.8 Å². The number of nitrogens with one attached hydrogen (secondary N) is 1. The minimum Gasteiger partial charge on any atom is -0.368 e. The third-order valence-electron chi connectivity index (χ3n) is 4.36. The Morgan fingerprint density at radius 1 is 1.30 bits per heavy atom. The van der Waals surface area contributed by atoms with Crippen molar-refractivity contribution in [1.29, 1.82) is 0 Å². The maximum atomic E-state index is 12.5. The molecular weight excluding hydrogens is 254 g/mol. The van der Waals surface area contributed by atoms with Crippen LogP contribution in [0.4, 0.5) is 0 Å². The van der Waals surface area contributed by atoms with Crippen molar-refractivity contribution in [1.82, 2.24) is 10.2 Å². The molecule has 0 bridgehead atoms. The molecule has 1 saturated heterocycles. The van der Waals surface area contributed by atoms with Crippen molar-refractivity contribution in [3.8, 4) is 0 Å². The van der Waals surface area contributed by atoms with Gasteiger partial charge in [-0.05, 0) is 37.3 Å². The maximum Gasteiger partial charge on any atom is 0.237 e. The molecule has 0 saturated carbocycles. The van der Waals surface area contributed by atoms with E-state index in [2.05, 4.69) is 33.0 Å². The molecule has 1 atom stereocenters. The lowest BCUT2D eigenvalue weighted by Gasteiger charge is -2.36. The fourth-order valence-corrected chi connectivity index (χ4v) is 2.39. The van der Waals surface area contributed by atoms with E-state index in [-0.39, 0.29) is 29.8 Å². The Kier molecular flexibility index (Phi) is 5.99. The van der Waals surface area contributed by atoms with Gasteiger partial charge in [0, 0.05) is 12.5 Å². The van der Waals surface area contributed by atoms with Crippen LogP contribution in [0, 0.1) is 11.3 Å². The van der Waals surface area contributed by atoms with Crippen LogP contribution >= 0.6 is 0 Å². The van der Waals surface area contributed by atoms with Gasteiger partial charge < -0.3 is 16.0 Å². The molecule has 116 valence electrons. The summed E-state index contributed by atoms with van der Waals surface area (Å²) in [6, 6.07) is 0.142. The van der Waals surface area contributed by atoms with E-state index < -0.39 is 5.91 Å². The molecule has 1 fully saturated rings. The molecule has 1 heterocycles. The van der Waals surface area contributed by atoms with Crippen molar-refractivity contribution in [2.45, 2.75) is 53.0 Å². The third-order valence-corrected chi connectivity index (χ3v) is 4.36. The van der Waals surface area contributed by atoms with E-state index in [9.17, 15) is 9.59 Å². The molecule has 3 N–H and O–H groups in total. The molecule has 1 rings (SSSR count). The zero-order valence-corrected chi connectivity index (χ0v) is 13.2. The summed E-state index contributed by atoms with van der Waals surface area (Å²) < 4.78 is 0. The number of nitrogens with zero attached hydrogens (tertiary/aromatic N) is 1. The molecule has 2 amide bonds. The molecule has 0 aromatic carbocycles. The third kappa shape index (κ3) is 5.12. The average molecular weight is 283 g/mol. The Balaban J connectivity index is 2.71. The summed E-state index contributed by atoms with van der Waals surface area (Å²) in [6.07, 6.45) is 2.26. The van der Waals surface area contributed by atoms with Gasteiger partial charge in [0.15, 0.2) is 0 Å². The molecule has 0 aromatic heterocycles. The van der Waals surface area contributed by atoms with Crippen LogP contribution in [0.5, 0.6) is 0 Å². The summed E-state index contributed by atoms with van der Waals surface area (Å²) in [5, 5.41) is 3.27. The highest BCUT2D eigenvalue weighted by atomic mass is 16.2. The number of rotatable bonds is 5. The largest absolute Gasteiger partial charge is 0.368 e. The van der Waals surface area contributed by atoms with Crippen molar-refractivity contribution in [2.24, 2.45) is 17.1 Å². The van der Waals surface area contributed by atoms with E-state index in [4.69, 9.17) is 5.73 Å². The molecule has 0 spiro atoms. The zero-order chi connectivity index (χ0) is 15.3. The van der Waals surface area contributed by atoms with Gasteiger partial charge >= 0.3 is 0 Å². The van der Waals surface area contributed by atoms with Crippen LogP contribution in [-0.2, 0) is 9.59 Å². The number of piperidine rings is 1. The lowest BCUT2D eigenvalue weighted by Crippen LogP contribution is -2.49. The summed E-state index contributed by atoms with van der Waals surface area (Å²) >= 11 is 0. The number of primary amides is 1. The summed E-state index contributed by atoms with van der Waals surface area (Å²) in [7, 11) is 0. The topological polar surface area (TPSA) is 75.4 Å². The summed E-state index contributed by atoms with van der Waals surface area (Å²) in [5.74, 6) is -0.106. The van der Waals surface area contributed by atoms with Crippen molar-refractivity contribution in [3.05, 3.63) is 0 Å². The Bertz CT molecular complexity index is 344. The first-order valence-corrected chi connectivity index (χ1v) is 7.50. The molecule has 0 aliphatic carbocycles. The Morgan fingerprint density at radius 3 is 2.30 bits per heavy atom. The van der Waals surface area contributed by atoms with Crippen LogP contribution in [0.3, 0.4) is 0 Å². The van der Waals surface area contributed by atoms with Crippen LogP contribution in [0.15, 0.2) is 0 Å². The summed E-state index contributed by atoms with van der Waals surface area (Å²) in [4.78, 5) is 25.5. The summed E-state index contributed by atoms with van der Waals surface area (Å²) in [5.41, 5.74) is 5.39. The first kappa shape index (κ1) is 17.0. The number of carbonyl (C=O) groups excluding carboxylic acids is 2. The number of carbonyl (C=O) groups is 2. The Morgan fingerprint density at radius 2 is 1.85 bits per heavy atom. The van der Waals surface area contributed by atoms with Gasteiger partial charge in [-0.3, -0.25) is 9.59 Å². The fourth-order valence-electron chi connectivity index (χ4n) is 2.39. The van der Waals surface area contributed by atoms with Crippen molar-refractivity contribution < 1.29 is 9.59 Å². The number of hydrogen-bond acceptors (Lipinski definition) is 3. The highest BCUT2D eigenvalue weighted by Crippen LogP contribution is 2.29. The lowest BCUT2D eigenvalue weighted by atomic mass is 9.80. The number of amides is 2. The quantitative estimate of drug-likeness (QED) is 0.794. The standard InChI is InChI=1S/C15H29N3O2/c1-11(15(2,3)4)9-14(20)18(10-13(16)19)12-5-7-17-8-6-12/h11-12,17H,5-10H2,1-4H3,(H2,16,19). The highest BCUT2D eigenvalue weighted by Gasteiger charge is 2.30. The van der Waals surface area contributed by atoms with E-state index in [1.807, 2.05) is 0 Å². The normalized spacial score (nSPS) is 18.6. The molecular formula is C15H29N3O2. The van der Waals surface area contributed by atoms with Crippen LogP contribution in [0.25, 0.3) is 0 Å². The van der Waals surface area contributed by atoms with E-state index in [1.165, 1.54) is 0 Å². The molecule has 0 aromatic rings. The first-order chi connectivity index (χ1) is 9.21. The van der Waals surface area contributed by atoms with Crippen LogP contribution < -0.4 is 11.1 Å². The van der Waals surface area contributed by atoms with E-state index >= 15 is 0 Å². The monoisotopic (exact) mass is 283 g/mol. The van der Waals surface area contributed by atoms with Gasteiger partial charge in [-0.15, -0.1) is 0 Å². The van der Waals surface area contributed by atoms with E-state index in [0.29, 0.717) is 6.42 Å². The predicted molar refractivity (Wildman–Crippen MR) is 80.0 cm³/mol. The molecule has 5 nitrogen and oxygen atoms in total. The van der Waals surface area contributed by atoms with Gasteiger partial charge in [0.2, 0.25) is 11.8 Å². The van der Waals surface area contributed by atoms with Gasteiger partial charge in [0.1, 0.15) is 0 Å². The molecule has 1 unspecified atom stereocenters. The average Bonchev–Trinajstić information content (AvgIpc) is 2.35. The lowest BCUT2D eigenvalue weighted by molar-refractivity contribution is -0.139. The second kappa shape index (κ2) is 7.07. The van der Waals surface area contributed by atoms with Gasteiger partial charge in [0.25, 0.3) is 0 Å². The van der Waals surface area contributed by atoms with E-state index in [1.54, 1.807) is 4.90 Å². The minimum atomic E-state index is -0.430. The molecule has 20 heavy (non-hydrogen) atoms. The maximum absolute atomic E-state index is 12.5. The van der Waals surface area contributed by atoms with E-state index in [0.717, 1.165) is 25.9 Å². The highest BCUT2D eigenvalue weighted by molar-refractivity contribution is 5.84. The minimum absolute atomic E-state index is 0.0420. The second-order valence-electron chi connectivity index (χ2n) is 6.94. The van der Waals surface area contributed by atoms with Crippen LogP contribution in [0.1, 0.15) is 47.0 Å². The zero-order valence-electron chi connectivity index (χ0n) is 13.2.